The van der Waals surface area contributed by atoms with E-state index >= 15 is 0 Å². The van der Waals surface area contributed by atoms with Gasteiger partial charge in [-0.15, -0.1) is 0 Å². The lowest BCUT2D eigenvalue weighted by Crippen LogP contribution is -2.48. The van der Waals surface area contributed by atoms with E-state index in [1.165, 1.54) is 4.90 Å². The lowest BCUT2D eigenvalue weighted by molar-refractivity contribution is -0.150. The molecule has 1 rings (SSSR count). The minimum Gasteiger partial charge on any atom is -0.481 e. The maximum absolute atomic E-state index is 11.4. The molecule has 1 saturated heterocycles. The topological polar surface area (TPSA) is 66.8 Å². The van der Waals surface area contributed by atoms with E-state index in [-0.39, 0.29) is 6.54 Å². The van der Waals surface area contributed by atoms with Crippen molar-refractivity contribution in [2.24, 2.45) is 5.41 Å². The van der Waals surface area contributed by atoms with Crippen molar-refractivity contribution in [2.75, 3.05) is 19.7 Å². The minimum absolute atomic E-state index is 0.237. The Bertz CT molecular complexity index is 266. The standard InChI is InChI=1S/C10H17NO4/c1-3-15-9(14)11-6-4-5-10(2,7-11)8(12)13/h3-7H2,1-2H3,(H,12,13). The van der Waals surface area contributed by atoms with Gasteiger partial charge in [-0.25, -0.2) is 4.79 Å². The van der Waals surface area contributed by atoms with Crippen molar-refractivity contribution in [3.8, 4) is 0 Å². The second kappa shape index (κ2) is 4.51. The number of carboxylic acids is 1. The van der Waals surface area contributed by atoms with Gasteiger partial charge in [-0.2, -0.15) is 0 Å². The summed E-state index contributed by atoms with van der Waals surface area (Å²) in [6.45, 7) is 4.54. The largest absolute Gasteiger partial charge is 0.481 e. The van der Waals surface area contributed by atoms with Gasteiger partial charge in [0.15, 0.2) is 0 Å². The highest BCUT2D eigenvalue weighted by Gasteiger charge is 2.39. The van der Waals surface area contributed by atoms with Crippen LogP contribution in [0.25, 0.3) is 0 Å². The third kappa shape index (κ3) is 2.61. The lowest BCUT2D eigenvalue weighted by Gasteiger charge is -2.36. The van der Waals surface area contributed by atoms with Gasteiger partial charge >= 0.3 is 12.1 Å². The van der Waals surface area contributed by atoms with E-state index in [1.54, 1.807) is 13.8 Å². The molecule has 0 radical (unpaired) electrons. The van der Waals surface area contributed by atoms with Crippen molar-refractivity contribution in [1.29, 1.82) is 0 Å². The van der Waals surface area contributed by atoms with E-state index in [1.807, 2.05) is 0 Å². The fourth-order valence-corrected chi connectivity index (χ4v) is 1.78. The molecule has 0 aromatic heterocycles. The summed E-state index contributed by atoms with van der Waals surface area (Å²) >= 11 is 0. The average Bonchev–Trinajstić information content (AvgIpc) is 2.18. The van der Waals surface area contributed by atoms with Gasteiger partial charge in [0.2, 0.25) is 0 Å². The van der Waals surface area contributed by atoms with Gasteiger partial charge in [-0.1, -0.05) is 0 Å². The van der Waals surface area contributed by atoms with Crippen molar-refractivity contribution < 1.29 is 19.4 Å². The van der Waals surface area contributed by atoms with Gasteiger partial charge in [0.05, 0.1) is 12.0 Å². The summed E-state index contributed by atoms with van der Waals surface area (Å²) in [5.41, 5.74) is -0.828. The smallest absolute Gasteiger partial charge is 0.409 e. The van der Waals surface area contributed by atoms with Crippen molar-refractivity contribution in [1.82, 2.24) is 4.90 Å². The van der Waals surface area contributed by atoms with Crippen molar-refractivity contribution >= 4 is 12.1 Å². The number of nitrogens with zero attached hydrogens (tertiary/aromatic N) is 1. The Morgan fingerprint density at radius 3 is 2.73 bits per heavy atom. The fourth-order valence-electron chi connectivity index (χ4n) is 1.78. The predicted molar refractivity (Wildman–Crippen MR) is 53.6 cm³/mol. The number of piperidine rings is 1. The molecule has 0 aliphatic carbocycles. The van der Waals surface area contributed by atoms with Crippen LogP contribution in [-0.4, -0.2) is 41.8 Å². The molecule has 5 nitrogen and oxygen atoms in total. The summed E-state index contributed by atoms with van der Waals surface area (Å²) in [5, 5.41) is 9.05. The number of ether oxygens (including phenoxy) is 1. The van der Waals surface area contributed by atoms with Crippen molar-refractivity contribution in [2.45, 2.75) is 26.7 Å². The molecular weight excluding hydrogens is 198 g/mol. The van der Waals surface area contributed by atoms with E-state index in [0.717, 1.165) is 0 Å². The summed E-state index contributed by atoms with van der Waals surface area (Å²) in [6, 6.07) is 0. The Hall–Kier alpha value is -1.26. The Balaban J connectivity index is 2.63. The van der Waals surface area contributed by atoms with Crippen molar-refractivity contribution in [3.63, 3.8) is 0 Å². The third-order valence-corrected chi connectivity index (χ3v) is 2.74. The molecule has 0 saturated carbocycles. The molecular formula is C10H17NO4. The Labute approximate surface area is 89.0 Å². The van der Waals surface area contributed by atoms with E-state index in [4.69, 9.17) is 9.84 Å². The summed E-state index contributed by atoms with van der Waals surface area (Å²) in [5.74, 6) is -0.850. The van der Waals surface area contributed by atoms with Crippen LogP contribution in [0.1, 0.15) is 26.7 Å². The second-order valence-electron chi connectivity index (χ2n) is 4.09. The minimum atomic E-state index is -0.850. The molecule has 5 heteroatoms. The third-order valence-electron chi connectivity index (χ3n) is 2.74. The Morgan fingerprint density at radius 1 is 1.53 bits per heavy atom. The van der Waals surface area contributed by atoms with Gasteiger partial charge in [0, 0.05) is 13.1 Å². The maximum Gasteiger partial charge on any atom is 0.409 e. The second-order valence-corrected chi connectivity index (χ2v) is 4.09. The molecule has 0 bridgehead atoms. The molecule has 86 valence electrons. The first-order valence-electron chi connectivity index (χ1n) is 5.14. The van der Waals surface area contributed by atoms with Crippen LogP contribution in [0.3, 0.4) is 0 Å². The van der Waals surface area contributed by atoms with Crippen LogP contribution >= 0.6 is 0 Å². The van der Waals surface area contributed by atoms with E-state index in [0.29, 0.717) is 26.0 Å². The number of carboxylic acid groups (broad SMARTS) is 1. The quantitative estimate of drug-likeness (QED) is 0.754. The SMILES string of the molecule is CCOC(=O)N1CCCC(C)(C(=O)O)C1. The summed E-state index contributed by atoms with van der Waals surface area (Å²) in [7, 11) is 0. The first-order chi connectivity index (χ1) is 6.99. The molecule has 15 heavy (non-hydrogen) atoms. The number of hydrogen-bond acceptors (Lipinski definition) is 3. The van der Waals surface area contributed by atoms with Crippen LogP contribution in [0.15, 0.2) is 0 Å². The summed E-state index contributed by atoms with van der Waals surface area (Å²) < 4.78 is 4.85. The van der Waals surface area contributed by atoms with Crippen LogP contribution in [0, 0.1) is 5.41 Å². The molecule has 1 fully saturated rings. The molecule has 1 aliphatic heterocycles. The molecule has 1 atom stereocenters. The van der Waals surface area contributed by atoms with Gasteiger partial charge < -0.3 is 14.7 Å². The molecule has 0 aromatic carbocycles. The molecule has 1 unspecified atom stereocenters. The van der Waals surface area contributed by atoms with Crippen LogP contribution in [0.4, 0.5) is 4.79 Å². The Kier molecular flexibility index (Phi) is 3.55. The highest BCUT2D eigenvalue weighted by molar-refractivity contribution is 5.76. The molecule has 1 heterocycles. The molecule has 0 spiro atoms. The van der Waals surface area contributed by atoms with E-state index in [2.05, 4.69) is 0 Å². The predicted octanol–water partition coefficient (Wildman–Crippen LogP) is 1.33. The van der Waals surface area contributed by atoms with Crippen LogP contribution < -0.4 is 0 Å². The zero-order valence-electron chi connectivity index (χ0n) is 9.15. The lowest BCUT2D eigenvalue weighted by atomic mass is 9.82. The number of hydrogen-bond donors (Lipinski definition) is 1. The fraction of sp³-hybridized carbons (Fsp3) is 0.800. The first kappa shape index (κ1) is 11.8. The molecule has 0 aromatic rings. The number of amides is 1. The van der Waals surface area contributed by atoms with Crippen molar-refractivity contribution in [3.05, 3.63) is 0 Å². The van der Waals surface area contributed by atoms with Crippen LogP contribution in [0.2, 0.25) is 0 Å². The Morgan fingerprint density at radius 2 is 2.20 bits per heavy atom. The number of carbonyl (C=O) groups excluding carboxylic acids is 1. The maximum atomic E-state index is 11.4. The van der Waals surface area contributed by atoms with E-state index in [9.17, 15) is 9.59 Å². The monoisotopic (exact) mass is 215 g/mol. The summed E-state index contributed by atoms with van der Waals surface area (Å²) in [4.78, 5) is 23.9. The first-order valence-corrected chi connectivity index (χ1v) is 5.14. The van der Waals surface area contributed by atoms with Gasteiger partial charge in [-0.3, -0.25) is 4.79 Å². The van der Waals surface area contributed by atoms with Gasteiger partial charge in [-0.05, 0) is 26.7 Å². The highest BCUT2D eigenvalue weighted by Crippen LogP contribution is 2.29. The van der Waals surface area contributed by atoms with Crippen LogP contribution in [-0.2, 0) is 9.53 Å². The molecule has 1 aliphatic rings. The summed E-state index contributed by atoms with van der Waals surface area (Å²) in [6.07, 6.45) is 0.907. The zero-order valence-corrected chi connectivity index (χ0v) is 9.15. The number of carbonyl (C=O) groups is 2. The average molecular weight is 215 g/mol. The number of rotatable bonds is 2. The molecule has 1 amide bonds. The number of aliphatic carboxylic acids is 1. The molecule has 1 N–H and O–H groups in total. The zero-order chi connectivity index (χ0) is 11.5. The normalized spacial score (nSPS) is 26.1. The van der Waals surface area contributed by atoms with Gasteiger partial charge in [0.1, 0.15) is 0 Å². The van der Waals surface area contributed by atoms with E-state index < -0.39 is 17.5 Å². The van der Waals surface area contributed by atoms with Crippen LogP contribution in [0.5, 0.6) is 0 Å². The van der Waals surface area contributed by atoms with Gasteiger partial charge in [0.25, 0.3) is 0 Å². The number of likely N-dealkylation sites (tertiary alicyclic amines) is 1. The highest BCUT2D eigenvalue weighted by atomic mass is 16.6.